The molecule has 0 saturated carbocycles. The predicted octanol–water partition coefficient (Wildman–Crippen LogP) is 4.56. The van der Waals surface area contributed by atoms with Gasteiger partial charge < -0.3 is 19.9 Å². The number of carboxylic acid groups (broad SMARTS) is 1. The van der Waals surface area contributed by atoms with Crippen LogP contribution in [0.15, 0.2) is 43.0 Å². The molecule has 0 bridgehead atoms. The zero-order valence-electron chi connectivity index (χ0n) is 19.0. The van der Waals surface area contributed by atoms with E-state index in [4.69, 9.17) is 21.1 Å². The number of ether oxygens (including phenoxy) is 2. The molecule has 10 nitrogen and oxygen atoms in total. The van der Waals surface area contributed by atoms with Crippen LogP contribution in [0.4, 0.5) is 20.3 Å². The summed E-state index contributed by atoms with van der Waals surface area (Å²) < 4.78 is 40.7. The van der Waals surface area contributed by atoms with Crippen LogP contribution in [-0.2, 0) is 6.54 Å². The molecule has 4 rings (SSSR count). The van der Waals surface area contributed by atoms with Gasteiger partial charge in [-0.2, -0.15) is 5.10 Å². The summed E-state index contributed by atoms with van der Waals surface area (Å²) in [5, 5.41) is 16.7. The van der Waals surface area contributed by atoms with E-state index in [9.17, 15) is 18.7 Å². The quantitative estimate of drug-likeness (QED) is 0.329. The summed E-state index contributed by atoms with van der Waals surface area (Å²) in [6.45, 7) is 1.74. The standard InChI is InChI=1S/C23H19ClF2N6O4/c1-3-36-12-6-16(25)14(17(26)7-12)10-32-11-15(24)20(31-32)22-28-9-19(35-2)21(30-22)29-18-4-5-27-8-13(18)23(33)34/h4-9,11H,3,10H2,1-2H3,(H,33,34)(H,27,28,29,30). The molecule has 2 N–H and O–H groups in total. The normalized spacial score (nSPS) is 10.8. The molecule has 0 unspecified atom stereocenters. The Morgan fingerprint density at radius 3 is 2.67 bits per heavy atom. The van der Waals surface area contributed by atoms with Gasteiger partial charge in [-0.3, -0.25) is 9.67 Å². The maximum atomic E-state index is 14.5. The van der Waals surface area contributed by atoms with E-state index < -0.39 is 17.6 Å². The third kappa shape index (κ3) is 5.18. The number of rotatable bonds is 9. The highest BCUT2D eigenvalue weighted by Crippen LogP contribution is 2.31. The van der Waals surface area contributed by atoms with Crippen molar-refractivity contribution in [2.75, 3.05) is 19.0 Å². The molecular formula is C23H19ClF2N6O4. The van der Waals surface area contributed by atoms with Crippen LogP contribution in [0.5, 0.6) is 11.5 Å². The van der Waals surface area contributed by atoms with E-state index in [2.05, 4.69) is 25.4 Å². The summed E-state index contributed by atoms with van der Waals surface area (Å²) >= 11 is 6.34. The summed E-state index contributed by atoms with van der Waals surface area (Å²) in [6, 6.07) is 3.66. The molecule has 1 aromatic carbocycles. The van der Waals surface area contributed by atoms with Gasteiger partial charge >= 0.3 is 5.97 Å². The Bertz CT molecular complexity index is 1410. The average molecular weight is 517 g/mol. The van der Waals surface area contributed by atoms with E-state index in [-0.39, 0.29) is 63.8 Å². The molecule has 13 heteroatoms. The fraction of sp³-hybridized carbons (Fsp3) is 0.174. The Labute approximate surface area is 208 Å². The Hall–Kier alpha value is -4.32. The number of carboxylic acids is 1. The van der Waals surface area contributed by atoms with E-state index in [0.29, 0.717) is 0 Å². The van der Waals surface area contributed by atoms with Crippen LogP contribution >= 0.6 is 11.6 Å². The molecule has 0 aliphatic rings. The van der Waals surface area contributed by atoms with Crippen molar-refractivity contribution >= 4 is 29.1 Å². The summed E-state index contributed by atoms with van der Waals surface area (Å²) in [7, 11) is 1.40. The van der Waals surface area contributed by atoms with Crippen molar-refractivity contribution in [1.82, 2.24) is 24.7 Å². The molecule has 3 heterocycles. The number of methoxy groups -OCH3 is 1. The number of aromatic carboxylic acids is 1. The van der Waals surface area contributed by atoms with Gasteiger partial charge in [0.15, 0.2) is 17.4 Å². The van der Waals surface area contributed by atoms with Crippen LogP contribution in [0.1, 0.15) is 22.8 Å². The minimum absolute atomic E-state index is 0.0700. The lowest BCUT2D eigenvalue weighted by atomic mass is 10.2. The third-order valence-corrected chi connectivity index (χ3v) is 5.23. The van der Waals surface area contributed by atoms with Gasteiger partial charge in [-0.25, -0.2) is 23.5 Å². The van der Waals surface area contributed by atoms with E-state index >= 15 is 0 Å². The molecule has 0 fully saturated rings. The number of anilines is 2. The van der Waals surface area contributed by atoms with Crippen molar-refractivity contribution in [3.05, 3.63) is 70.8 Å². The average Bonchev–Trinajstić information content (AvgIpc) is 3.22. The molecular weight excluding hydrogens is 498 g/mol. The highest BCUT2D eigenvalue weighted by molar-refractivity contribution is 6.32. The first-order valence-electron chi connectivity index (χ1n) is 10.5. The van der Waals surface area contributed by atoms with E-state index in [1.54, 1.807) is 6.92 Å². The summed E-state index contributed by atoms with van der Waals surface area (Å²) in [4.78, 5) is 23.9. The fourth-order valence-electron chi connectivity index (χ4n) is 3.30. The van der Waals surface area contributed by atoms with Crippen LogP contribution in [0.25, 0.3) is 11.5 Å². The summed E-state index contributed by atoms with van der Waals surface area (Å²) in [5.41, 5.74) is 0.0586. The number of carbonyl (C=O) groups is 1. The van der Waals surface area contributed by atoms with Gasteiger partial charge in [0, 0.05) is 36.3 Å². The second-order valence-corrected chi connectivity index (χ2v) is 7.69. The smallest absolute Gasteiger partial charge is 0.339 e. The summed E-state index contributed by atoms with van der Waals surface area (Å²) in [6.07, 6.45) is 5.35. The highest BCUT2D eigenvalue weighted by Gasteiger charge is 2.19. The van der Waals surface area contributed by atoms with Crippen LogP contribution in [-0.4, -0.2) is 49.5 Å². The first-order chi connectivity index (χ1) is 17.3. The number of nitrogens with zero attached hydrogens (tertiary/aromatic N) is 5. The molecule has 0 aliphatic carbocycles. The molecule has 3 aromatic heterocycles. The maximum absolute atomic E-state index is 14.5. The first-order valence-corrected chi connectivity index (χ1v) is 10.9. The zero-order valence-corrected chi connectivity index (χ0v) is 19.8. The predicted molar refractivity (Wildman–Crippen MR) is 126 cm³/mol. The van der Waals surface area contributed by atoms with Gasteiger partial charge in [-0.05, 0) is 13.0 Å². The van der Waals surface area contributed by atoms with Gasteiger partial charge in [-0.1, -0.05) is 11.6 Å². The number of hydrogen-bond donors (Lipinski definition) is 2. The third-order valence-electron chi connectivity index (χ3n) is 4.95. The number of nitrogens with one attached hydrogen (secondary N) is 1. The number of pyridine rings is 1. The number of halogens is 3. The molecule has 0 spiro atoms. The van der Waals surface area contributed by atoms with Gasteiger partial charge in [0.25, 0.3) is 0 Å². The topological polar surface area (TPSA) is 124 Å². The zero-order chi connectivity index (χ0) is 25.8. The second-order valence-electron chi connectivity index (χ2n) is 7.28. The molecule has 186 valence electrons. The van der Waals surface area contributed by atoms with Gasteiger partial charge in [0.1, 0.15) is 28.6 Å². The minimum atomic E-state index is -1.19. The largest absolute Gasteiger partial charge is 0.494 e. The van der Waals surface area contributed by atoms with Gasteiger partial charge in [-0.15, -0.1) is 0 Å². The summed E-state index contributed by atoms with van der Waals surface area (Å²) in [5.74, 6) is -2.24. The van der Waals surface area contributed by atoms with E-state index in [0.717, 1.165) is 12.1 Å². The second kappa shape index (κ2) is 10.5. The van der Waals surface area contributed by atoms with Crippen molar-refractivity contribution in [2.45, 2.75) is 13.5 Å². The van der Waals surface area contributed by atoms with Crippen LogP contribution in [0, 0.1) is 11.6 Å². The van der Waals surface area contributed by atoms with Crippen LogP contribution < -0.4 is 14.8 Å². The minimum Gasteiger partial charge on any atom is -0.494 e. The monoisotopic (exact) mass is 516 g/mol. The lowest BCUT2D eigenvalue weighted by Gasteiger charge is -2.12. The number of benzene rings is 1. The molecule has 0 amide bonds. The van der Waals surface area contributed by atoms with Crippen molar-refractivity contribution < 1.29 is 28.2 Å². The Balaban J connectivity index is 1.66. The molecule has 4 aromatic rings. The maximum Gasteiger partial charge on any atom is 0.339 e. The lowest BCUT2D eigenvalue weighted by Crippen LogP contribution is -2.07. The molecule has 0 radical (unpaired) electrons. The van der Waals surface area contributed by atoms with Gasteiger partial charge in [0.05, 0.1) is 37.2 Å². The van der Waals surface area contributed by atoms with E-state index in [1.165, 1.54) is 42.6 Å². The Morgan fingerprint density at radius 1 is 1.25 bits per heavy atom. The molecule has 36 heavy (non-hydrogen) atoms. The number of hydrogen-bond acceptors (Lipinski definition) is 8. The molecule has 0 saturated heterocycles. The van der Waals surface area contributed by atoms with Crippen molar-refractivity contribution in [3.8, 4) is 23.0 Å². The van der Waals surface area contributed by atoms with Crippen LogP contribution in [0.2, 0.25) is 5.02 Å². The van der Waals surface area contributed by atoms with Crippen molar-refractivity contribution in [2.24, 2.45) is 0 Å². The molecule has 0 atom stereocenters. The fourth-order valence-corrected chi connectivity index (χ4v) is 3.53. The molecule has 0 aliphatic heterocycles. The SMILES string of the molecule is CCOc1cc(F)c(Cn2cc(Cl)c(-c3ncc(OC)c(Nc4ccncc4C(=O)O)n3)n2)c(F)c1. The number of aromatic nitrogens is 5. The van der Waals surface area contributed by atoms with E-state index in [1.807, 2.05) is 0 Å². The van der Waals surface area contributed by atoms with Crippen LogP contribution in [0.3, 0.4) is 0 Å². The Morgan fingerprint density at radius 2 is 2.00 bits per heavy atom. The first kappa shape index (κ1) is 24.8. The van der Waals surface area contributed by atoms with Crippen molar-refractivity contribution in [1.29, 1.82) is 0 Å². The lowest BCUT2D eigenvalue weighted by molar-refractivity contribution is 0.0697. The highest BCUT2D eigenvalue weighted by atomic mass is 35.5. The van der Waals surface area contributed by atoms with Gasteiger partial charge in [0.2, 0.25) is 0 Å². The Kier molecular flexibility index (Phi) is 7.25. The van der Waals surface area contributed by atoms with Crippen molar-refractivity contribution in [3.63, 3.8) is 0 Å².